The molecule has 0 radical (unpaired) electrons. The van der Waals surface area contributed by atoms with Gasteiger partial charge in [-0.25, -0.2) is 9.97 Å². The van der Waals surface area contributed by atoms with Gasteiger partial charge in [-0.15, -0.1) is 15.9 Å². The highest BCUT2D eigenvalue weighted by Crippen LogP contribution is 2.32. The molecule has 5 rings (SSSR count). The van der Waals surface area contributed by atoms with Gasteiger partial charge in [0.05, 0.1) is 15.9 Å². The SMILES string of the molecule is Cc1cc2nc(CSc3nc4ccc(NC(=O)COc5cccc(C)c5C)cc4s3)cc(=O)n2o1. The summed E-state index contributed by atoms with van der Waals surface area (Å²) in [5.41, 5.74) is 4.58. The second kappa shape index (κ2) is 9.55. The summed E-state index contributed by atoms with van der Waals surface area (Å²) in [4.78, 5) is 33.8. The van der Waals surface area contributed by atoms with Gasteiger partial charge < -0.3 is 14.6 Å². The van der Waals surface area contributed by atoms with Crippen LogP contribution in [0.3, 0.4) is 0 Å². The van der Waals surface area contributed by atoms with Crippen LogP contribution in [0.5, 0.6) is 5.75 Å². The van der Waals surface area contributed by atoms with Crippen LogP contribution in [0.1, 0.15) is 22.6 Å². The number of hydrogen-bond donors (Lipinski definition) is 1. The molecule has 0 aliphatic heterocycles. The predicted molar refractivity (Wildman–Crippen MR) is 138 cm³/mol. The van der Waals surface area contributed by atoms with Gasteiger partial charge in [0.1, 0.15) is 11.5 Å². The average Bonchev–Trinajstić information content (AvgIpc) is 3.41. The Hall–Kier alpha value is -3.63. The number of anilines is 1. The fourth-order valence-electron chi connectivity index (χ4n) is 3.55. The normalized spacial score (nSPS) is 11.3. The zero-order valence-corrected chi connectivity index (χ0v) is 21.0. The maximum atomic E-state index is 12.4. The molecule has 10 heteroatoms. The standard InChI is InChI=1S/C25H22N4O4S2/c1-14-5-4-6-20(16(14)3)32-12-23(30)27-17-7-8-19-21(10-17)35-25(28-19)34-13-18-11-24(31)29-22(26-18)9-15(2)33-29/h4-11H,12-13H2,1-3H3,(H,27,30). The topological polar surface area (TPSA) is 98.7 Å². The Labute approximate surface area is 208 Å². The zero-order chi connectivity index (χ0) is 24.5. The van der Waals surface area contributed by atoms with Crippen molar-refractivity contribution in [2.45, 2.75) is 30.9 Å². The Morgan fingerprint density at radius 1 is 1.14 bits per heavy atom. The van der Waals surface area contributed by atoms with Crippen LogP contribution in [-0.2, 0) is 10.5 Å². The van der Waals surface area contributed by atoms with Gasteiger partial charge in [-0.3, -0.25) is 9.59 Å². The first-order valence-electron chi connectivity index (χ1n) is 10.9. The highest BCUT2D eigenvalue weighted by molar-refractivity contribution is 8.00. The van der Waals surface area contributed by atoms with Crippen molar-refractivity contribution >= 4 is 50.6 Å². The molecule has 0 fully saturated rings. The van der Waals surface area contributed by atoms with Crippen LogP contribution in [-0.4, -0.2) is 27.1 Å². The molecule has 35 heavy (non-hydrogen) atoms. The van der Waals surface area contributed by atoms with Crippen LogP contribution in [0.4, 0.5) is 5.69 Å². The molecule has 1 N–H and O–H groups in total. The summed E-state index contributed by atoms with van der Waals surface area (Å²) in [6.07, 6.45) is 0. The molecular weight excluding hydrogens is 484 g/mol. The van der Waals surface area contributed by atoms with Gasteiger partial charge in [0.25, 0.3) is 11.5 Å². The first kappa shape index (κ1) is 23.1. The molecule has 0 bridgehead atoms. The number of carbonyl (C=O) groups excluding carboxylic acids is 1. The predicted octanol–water partition coefficient (Wildman–Crippen LogP) is 5.13. The van der Waals surface area contributed by atoms with Crippen molar-refractivity contribution < 1.29 is 14.1 Å². The second-order valence-corrected chi connectivity index (χ2v) is 10.3. The number of rotatable bonds is 7. The minimum absolute atomic E-state index is 0.0698. The van der Waals surface area contributed by atoms with E-state index in [-0.39, 0.29) is 18.1 Å². The summed E-state index contributed by atoms with van der Waals surface area (Å²) in [5.74, 6) is 1.62. The second-order valence-electron chi connectivity index (χ2n) is 8.07. The molecule has 2 aromatic carbocycles. The van der Waals surface area contributed by atoms with E-state index in [1.54, 1.807) is 13.0 Å². The third-order valence-electron chi connectivity index (χ3n) is 5.43. The molecular formula is C25H22N4O4S2. The van der Waals surface area contributed by atoms with E-state index in [1.807, 2.05) is 50.2 Å². The number of benzene rings is 2. The van der Waals surface area contributed by atoms with Crippen molar-refractivity contribution in [2.75, 3.05) is 11.9 Å². The van der Waals surface area contributed by atoms with E-state index in [0.29, 0.717) is 34.3 Å². The van der Waals surface area contributed by atoms with Crippen molar-refractivity contribution in [3.05, 3.63) is 81.5 Å². The number of aromatic nitrogens is 3. The number of thiazole rings is 1. The summed E-state index contributed by atoms with van der Waals surface area (Å²) in [6, 6.07) is 14.6. The molecule has 0 aliphatic rings. The largest absolute Gasteiger partial charge is 0.483 e. The third kappa shape index (κ3) is 5.08. The molecule has 0 saturated carbocycles. The van der Waals surface area contributed by atoms with E-state index in [9.17, 15) is 9.59 Å². The first-order chi connectivity index (χ1) is 16.9. The first-order valence-corrected chi connectivity index (χ1v) is 12.7. The van der Waals surface area contributed by atoms with Crippen LogP contribution in [0, 0.1) is 20.8 Å². The summed E-state index contributed by atoms with van der Waals surface area (Å²) < 4.78 is 14.0. The van der Waals surface area contributed by atoms with E-state index in [1.165, 1.54) is 33.7 Å². The number of hydrogen-bond acceptors (Lipinski definition) is 8. The smallest absolute Gasteiger partial charge is 0.287 e. The van der Waals surface area contributed by atoms with Gasteiger partial charge in [0.15, 0.2) is 16.6 Å². The van der Waals surface area contributed by atoms with E-state index < -0.39 is 0 Å². The van der Waals surface area contributed by atoms with Crippen molar-refractivity contribution in [2.24, 2.45) is 0 Å². The Morgan fingerprint density at radius 2 is 2.00 bits per heavy atom. The number of ether oxygens (including phenoxy) is 1. The Kier molecular flexibility index (Phi) is 6.31. The zero-order valence-electron chi connectivity index (χ0n) is 19.3. The lowest BCUT2D eigenvalue weighted by Crippen LogP contribution is -2.20. The fraction of sp³-hybridized carbons (Fsp3) is 0.200. The van der Waals surface area contributed by atoms with Gasteiger partial charge in [0.2, 0.25) is 0 Å². The van der Waals surface area contributed by atoms with E-state index in [4.69, 9.17) is 9.26 Å². The maximum absolute atomic E-state index is 12.4. The number of carbonyl (C=O) groups is 1. The molecule has 0 unspecified atom stereocenters. The van der Waals surface area contributed by atoms with Crippen molar-refractivity contribution in [3.63, 3.8) is 0 Å². The number of amides is 1. The summed E-state index contributed by atoms with van der Waals surface area (Å²) in [5, 5.41) is 2.88. The van der Waals surface area contributed by atoms with E-state index >= 15 is 0 Å². The lowest BCUT2D eigenvalue weighted by molar-refractivity contribution is -0.118. The molecule has 1 amide bonds. The van der Waals surface area contributed by atoms with Gasteiger partial charge in [-0.05, 0) is 56.2 Å². The summed E-state index contributed by atoms with van der Waals surface area (Å²) in [7, 11) is 0. The van der Waals surface area contributed by atoms with Gasteiger partial charge in [0, 0.05) is 23.6 Å². The lowest BCUT2D eigenvalue weighted by atomic mass is 10.1. The Balaban J connectivity index is 1.23. The van der Waals surface area contributed by atoms with Crippen molar-refractivity contribution in [1.29, 1.82) is 0 Å². The number of aryl methyl sites for hydroxylation is 2. The highest BCUT2D eigenvalue weighted by Gasteiger charge is 2.11. The number of nitrogens with zero attached hydrogens (tertiary/aromatic N) is 3. The molecule has 0 spiro atoms. The van der Waals surface area contributed by atoms with E-state index in [2.05, 4.69) is 15.3 Å². The maximum Gasteiger partial charge on any atom is 0.287 e. The van der Waals surface area contributed by atoms with Gasteiger partial charge in [-0.1, -0.05) is 23.9 Å². The van der Waals surface area contributed by atoms with Crippen molar-refractivity contribution in [3.8, 4) is 5.75 Å². The molecule has 0 aliphatic carbocycles. The average molecular weight is 507 g/mol. The van der Waals surface area contributed by atoms with Crippen molar-refractivity contribution in [1.82, 2.24) is 14.5 Å². The van der Waals surface area contributed by atoms with Crippen LogP contribution in [0.2, 0.25) is 0 Å². The quantitative estimate of drug-likeness (QED) is 0.306. The highest BCUT2D eigenvalue weighted by atomic mass is 32.2. The summed E-state index contributed by atoms with van der Waals surface area (Å²) >= 11 is 3.03. The lowest BCUT2D eigenvalue weighted by Gasteiger charge is -2.11. The molecule has 0 atom stereocenters. The summed E-state index contributed by atoms with van der Waals surface area (Å²) in [6.45, 7) is 5.69. The molecule has 5 aromatic rings. The van der Waals surface area contributed by atoms with Crippen LogP contribution >= 0.6 is 23.1 Å². The molecule has 8 nitrogen and oxygen atoms in total. The van der Waals surface area contributed by atoms with Gasteiger partial charge >= 0.3 is 0 Å². The number of thioether (sulfide) groups is 1. The molecule has 178 valence electrons. The number of nitrogens with one attached hydrogen (secondary N) is 1. The molecule has 3 heterocycles. The minimum Gasteiger partial charge on any atom is -0.483 e. The fourth-order valence-corrected chi connectivity index (χ4v) is 5.55. The monoisotopic (exact) mass is 506 g/mol. The van der Waals surface area contributed by atoms with E-state index in [0.717, 1.165) is 25.7 Å². The van der Waals surface area contributed by atoms with Crippen LogP contribution in [0.25, 0.3) is 15.9 Å². The Bertz CT molecular complexity index is 1620. The van der Waals surface area contributed by atoms with Crippen LogP contribution < -0.4 is 15.6 Å². The minimum atomic E-state index is -0.245. The Morgan fingerprint density at radius 3 is 2.86 bits per heavy atom. The van der Waals surface area contributed by atoms with Crippen LogP contribution in [0.15, 0.2) is 62.2 Å². The third-order valence-corrected chi connectivity index (χ3v) is 7.63. The molecule has 3 aromatic heterocycles. The number of fused-ring (bicyclic) bond motifs is 2. The molecule has 0 saturated heterocycles. The van der Waals surface area contributed by atoms with Gasteiger partial charge in [-0.2, -0.15) is 0 Å².